The average Bonchev–Trinajstić information content (AvgIpc) is 2.16. The van der Waals surface area contributed by atoms with Crippen LogP contribution in [0.4, 0.5) is 0 Å². The van der Waals surface area contributed by atoms with Gasteiger partial charge >= 0.3 is 0 Å². The van der Waals surface area contributed by atoms with Gasteiger partial charge in [-0.15, -0.1) is 0 Å². The van der Waals surface area contributed by atoms with Crippen LogP contribution in [0.2, 0.25) is 0 Å². The molecule has 4 heteroatoms. The summed E-state index contributed by atoms with van der Waals surface area (Å²) < 4.78 is 0. The SMILES string of the molecule is CNCCN(C)Cc1cnccn1. The summed E-state index contributed by atoms with van der Waals surface area (Å²) in [6, 6.07) is 0. The lowest BCUT2D eigenvalue weighted by Gasteiger charge is -2.14. The van der Waals surface area contributed by atoms with E-state index in [1.807, 2.05) is 7.05 Å². The summed E-state index contributed by atoms with van der Waals surface area (Å²) in [5.41, 5.74) is 1.01. The number of nitrogens with one attached hydrogen (secondary N) is 1. The molecule has 0 saturated carbocycles. The Morgan fingerprint density at radius 2 is 2.31 bits per heavy atom. The molecule has 0 aliphatic rings. The predicted molar refractivity (Wildman–Crippen MR) is 52.3 cm³/mol. The van der Waals surface area contributed by atoms with Crippen molar-refractivity contribution in [2.24, 2.45) is 0 Å². The van der Waals surface area contributed by atoms with Crippen LogP contribution in [-0.2, 0) is 6.54 Å². The summed E-state index contributed by atoms with van der Waals surface area (Å²) >= 11 is 0. The zero-order chi connectivity index (χ0) is 9.52. The Morgan fingerprint density at radius 1 is 1.46 bits per heavy atom. The molecule has 0 aromatic carbocycles. The Hall–Kier alpha value is -1.00. The molecule has 1 N–H and O–H groups in total. The van der Waals surface area contributed by atoms with E-state index in [1.165, 1.54) is 0 Å². The first-order valence-electron chi connectivity index (χ1n) is 4.41. The molecule has 0 amide bonds. The van der Waals surface area contributed by atoms with Gasteiger partial charge in [0.15, 0.2) is 0 Å². The largest absolute Gasteiger partial charge is 0.318 e. The Labute approximate surface area is 79.0 Å². The topological polar surface area (TPSA) is 41.0 Å². The monoisotopic (exact) mass is 180 g/mol. The molecule has 0 fully saturated rings. The molecule has 72 valence electrons. The molecule has 1 aromatic rings. The van der Waals surface area contributed by atoms with Crippen LogP contribution in [-0.4, -0.2) is 42.1 Å². The van der Waals surface area contributed by atoms with E-state index in [4.69, 9.17) is 0 Å². The molecule has 13 heavy (non-hydrogen) atoms. The maximum Gasteiger partial charge on any atom is 0.0726 e. The first-order chi connectivity index (χ1) is 6.33. The van der Waals surface area contributed by atoms with Crippen molar-refractivity contribution in [2.45, 2.75) is 6.54 Å². The molecule has 1 aromatic heterocycles. The zero-order valence-corrected chi connectivity index (χ0v) is 8.20. The fourth-order valence-corrected chi connectivity index (χ4v) is 1.07. The predicted octanol–water partition coefficient (Wildman–Crippen LogP) is 0.128. The minimum Gasteiger partial charge on any atom is -0.318 e. The molecular formula is C9H16N4. The van der Waals surface area contributed by atoms with Crippen LogP contribution in [0.1, 0.15) is 5.69 Å². The molecule has 0 atom stereocenters. The first-order valence-corrected chi connectivity index (χ1v) is 4.41. The molecule has 0 aliphatic carbocycles. The van der Waals surface area contributed by atoms with Gasteiger partial charge in [0.2, 0.25) is 0 Å². The van der Waals surface area contributed by atoms with E-state index in [-0.39, 0.29) is 0 Å². The molecule has 0 saturated heterocycles. The van der Waals surface area contributed by atoms with Gasteiger partial charge in [-0.05, 0) is 14.1 Å². The van der Waals surface area contributed by atoms with Gasteiger partial charge in [0.25, 0.3) is 0 Å². The standard InChI is InChI=1S/C9H16N4/c1-10-5-6-13(2)8-9-7-11-3-4-12-9/h3-4,7,10H,5-6,8H2,1-2H3. The third-order valence-electron chi connectivity index (χ3n) is 1.79. The van der Waals surface area contributed by atoms with E-state index >= 15 is 0 Å². The Morgan fingerprint density at radius 3 is 2.92 bits per heavy atom. The number of aromatic nitrogens is 2. The van der Waals surface area contributed by atoms with Gasteiger partial charge in [-0.25, -0.2) is 0 Å². The lowest BCUT2D eigenvalue weighted by atomic mass is 10.4. The summed E-state index contributed by atoms with van der Waals surface area (Å²) in [4.78, 5) is 10.4. The van der Waals surface area contributed by atoms with Crippen molar-refractivity contribution in [1.82, 2.24) is 20.2 Å². The Balaban J connectivity index is 2.32. The highest BCUT2D eigenvalue weighted by Crippen LogP contribution is 1.95. The molecule has 0 bridgehead atoms. The Bertz CT molecular complexity index is 224. The lowest BCUT2D eigenvalue weighted by molar-refractivity contribution is 0.324. The molecule has 0 unspecified atom stereocenters. The van der Waals surface area contributed by atoms with Crippen molar-refractivity contribution >= 4 is 0 Å². The van der Waals surface area contributed by atoms with Crippen LogP contribution in [0, 0.1) is 0 Å². The van der Waals surface area contributed by atoms with E-state index in [9.17, 15) is 0 Å². The highest BCUT2D eigenvalue weighted by atomic mass is 15.1. The number of nitrogens with zero attached hydrogens (tertiary/aromatic N) is 3. The quantitative estimate of drug-likeness (QED) is 0.699. The third kappa shape index (κ3) is 3.96. The number of hydrogen-bond acceptors (Lipinski definition) is 4. The van der Waals surface area contributed by atoms with Gasteiger partial charge in [-0.2, -0.15) is 0 Å². The van der Waals surface area contributed by atoms with Crippen molar-refractivity contribution in [3.63, 3.8) is 0 Å². The van der Waals surface area contributed by atoms with Gasteiger partial charge in [-0.1, -0.05) is 0 Å². The summed E-state index contributed by atoms with van der Waals surface area (Å²) in [7, 11) is 4.03. The van der Waals surface area contributed by atoms with Crippen molar-refractivity contribution < 1.29 is 0 Å². The summed E-state index contributed by atoms with van der Waals surface area (Å²) in [6.45, 7) is 2.87. The molecule has 1 heterocycles. The number of hydrogen-bond donors (Lipinski definition) is 1. The lowest BCUT2D eigenvalue weighted by Crippen LogP contribution is -2.27. The summed E-state index contributed by atoms with van der Waals surface area (Å²) in [6.07, 6.45) is 5.22. The second-order valence-electron chi connectivity index (χ2n) is 3.04. The molecule has 0 spiro atoms. The fraction of sp³-hybridized carbons (Fsp3) is 0.556. The van der Waals surface area contributed by atoms with Crippen LogP contribution < -0.4 is 5.32 Å². The smallest absolute Gasteiger partial charge is 0.0726 e. The normalized spacial score (nSPS) is 10.7. The van der Waals surface area contributed by atoms with E-state index in [2.05, 4.69) is 27.2 Å². The van der Waals surface area contributed by atoms with Crippen LogP contribution in [0.15, 0.2) is 18.6 Å². The number of likely N-dealkylation sites (N-methyl/N-ethyl adjacent to an activating group) is 2. The summed E-state index contributed by atoms with van der Waals surface area (Å²) in [5, 5.41) is 3.11. The third-order valence-corrected chi connectivity index (χ3v) is 1.79. The molecule has 1 rings (SSSR count). The van der Waals surface area contributed by atoms with Gasteiger partial charge in [-0.3, -0.25) is 14.9 Å². The second-order valence-corrected chi connectivity index (χ2v) is 3.04. The van der Waals surface area contributed by atoms with Crippen molar-refractivity contribution in [3.8, 4) is 0 Å². The highest BCUT2D eigenvalue weighted by molar-refractivity contribution is 4.93. The van der Waals surface area contributed by atoms with E-state index in [0.29, 0.717) is 0 Å². The number of rotatable bonds is 5. The minimum absolute atomic E-state index is 0.857. The molecular weight excluding hydrogens is 164 g/mol. The van der Waals surface area contributed by atoms with Crippen molar-refractivity contribution in [3.05, 3.63) is 24.3 Å². The van der Waals surface area contributed by atoms with Gasteiger partial charge in [0, 0.05) is 38.2 Å². The highest BCUT2D eigenvalue weighted by Gasteiger charge is 1.99. The molecule has 0 radical (unpaired) electrons. The van der Waals surface area contributed by atoms with Crippen molar-refractivity contribution in [1.29, 1.82) is 0 Å². The summed E-state index contributed by atoms with van der Waals surface area (Å²) in [5.74, 6) is 0. The van der Waals surface area contributed by atoms with Gasteiger partial charge in [0.1, 0.15) is 0 Å². The van der Waals surface area contributed by atoms with E-state index in [0.717, 1.165) is 25.3 Å². The maximum atomic E-state index is 4.20. The zero-order valence-electron chi connectivity index (χ0n) is 8.20. The second kappa shape index (κ2) is 5.61. The van der Waals surface area contributed by atoms with Crippen LogP contribution in [0.5, 0.6) is 0 Å². The maximum absolute atomic E-state index is 4.20. The minimum atomic E-state index is 0.857. The fourth-order valence-electron chi connectivity index (χ4n) is 1.07. The van der Waals surface area contributed by atoms with Crippen LogP contribution >= 0.6 is 0 Å². The average molecular weight is 180 g/mol. The first kappa shape index (κ1) is 10.1. The van der Waals surface area contributed by atoms with E-state index < -0.39 is 0 Å². The van der Waals surface area contributed by atoms with Crippen LogP contribution in [0.3, 0.4) is 0 Å². The van der Waals surface area contributed by atoms with E-state index in [1.54, 1.807) is 18.6 Å². The van der Waals surface area contributed by atoms with Gasteiger partial charge < -0.3 is 5.32 Å². The van der Waals surface area contributed by atoms with Crippen LogP contribution in [0.25, 0.3) is 0 Å². The van der Waals surface area contributed by atoms with Gasteiger partial charge in [0.05, 0.1) is 5.69 Å². The molecule has 0 aliphatic heterocycles. The van der Waals surface area contributed by atoms with Crippen molar-refractivity contribution in [2.75, 3.05) is 27.2 Å². The Kier molecular flexibility index (Phi) is 4.35. The molecule has 4 nitrogen and oxygen atoms in total.